The first kappa shape index (κ1) is 15.3. The van der Waals surface area contributed by atoms with Gasteiger partial charge in [0.1, 0.15) is 0 Å². The van der Waals surface area contributed by atoms with Gasteiger partial charge in [-0.25, -0.2) is 13.1 Å². The van der Waals surface area contributed by atoms with E-state index in [9.17, 15) is 13.2 Å². The molecule has 7 nitrogen and oxygen atoms in total. The average Bonchev–Trinajstić information content (AvgIpc) is 2.64. The highest BCUT2D eigenvalue weighted by Crippen LogP contribution is 2.19. The maximum atomic E-state index is 11.8. The fourth-order valence-electron chi connectivity index (χ4n) is 0.973. The van der Waals surface area contributed by atoms with Gasteiger partial charge < -0.3 is 5.32 Å². The van der Waals surface area contributed by atoms with Crippen LogP contribution in [0.15, 0.2) is 4.34 Å². The number of alkyl halides is 1. The second-order valence-electron chi connectivity index (χ2n) is 3.52. The number of sulfonamides is 1. The molecule has 0 saturated heterocycles. The van der Waals surface area contributed by atoms with Crippen LogP contribution in [0.25, 0.3) is 0 Å². The van der Waals surface area contributed by atoms with E-state index < -0.39 is 10.0 Å². The fraction of sp³-hybridized carbons (Fsp3) is 0.625. The van der Waals surface area contributed by atoms with Gasteiger partial charge in [-0.15, -0.1) is 21.8 Å². The summed E-state index contributed by atoms with van der Waals surface area (Å²) >= 11 is 6.50. The van der Waals surface area contributed by atoms with Crippen molar-refractivity contribution in [1.29, 1.82) is 0 Å². The third-order valence-corrected chi connectivity index (χ3v) is 4.64. The standard InChI is InChI=1S/C8H13ClN4O3S2/c1-5(9)3-4-10-18(15,16)8-13-12-7(17-8)11-6(2)14/h5,10H,3-4H2,1-2H3,(H,11,12,14). The van der Waals surface area contributed by atoms with Crippen molar-refractivity contribution in [3.63, 3.8) is 0 Å². The highest BCUT2D eigenvalue weighted by molar-refractivity contribution is 7.91. The smallest absolute Gasteiger partial charge is 0.269 e. The van der Waals surface area contributed by atoms with Gasteiger partial charge in [-0.1, -0.05) is 11.3 Å². The summed E-state index contributed by atoms with van der Waals surface area (Å²) in [7, 11) is -3.69. The molecule has 2 N–H and O–H groups in total. The number of nitrogens with one attached hydrogen (secondary N) is 2. The Morgan fingerprint density at radius 1 is 1.50 bits per heavy atom. The Morgan fingerprint density at radius 2 is 2.17 bits per heavy atom. The number of nitrogens with zero attached hydrogens (tertiary/aromatic N) is 2. The lowest BCUT2D eigenvalue weighted by atomic mass is 10.3. The van der Waals surface area contributed by atoms with Crippen LogP contribution < -0.4 is 10.0 Å². The summed E-state index contributed by atoms with van der Waals surface area (Å²) in [6, 6.07) is 0. The van der Waals surface area contributed by atoms with Crippen LogP contribution in [0.4, 0.5) is 5.13 Å². The van der Waals surface area contributed by atoms with Crippen LogP contribution in [0.3, 0.4) is 0 Å². The van der Waals surface area contributed by atoms with Crippen LogP contribution >= 0.6 is 22.9 Å². The third-order valence-electron chi connectivity index (χ3n) is 1.75. The van der Waals surface area contributed by atoms with Gasteiger partial charge in [0.15, 0.2) is 0 Å². The van der Waals surface area contributed by atoms with Gasteiger partial charge in [0.2, 0.25) is 15.4 Å². The molecule has 1 aromatic rings. The van der Waals surface area contributed by atoms with Gasteiger partial charge in [-0.05, 0) is 13.3 Å². The summed E-state index contributed by atoms with van der Waals surface area (Å²) < 4.78 is 25.7. The van der Waals surface area contributed by atoms with Crippen molar-refractivity contribution >= 4 is 44.0 Å². The van der Waals surface area contributed by atoms with Crippen molar-refractivity contribution in [3.05, 3.63) is 0 Å². The van der Waals surface area contributed by atoms with Crippen LogP contribution in [-0.2, 0) is 14.8 Å². The lowest BCUT2D eigenvalue weighted by Crippen LogP contribution is -2.25. The van der Waals surface area contributed by atoms with Gasteiger partial charge in [-0.2, -0.15) is 0 Å². The summed E-state index contributed by atoms with van der Waals surface area (Å²) in [6.07, 6.45) is 0.512. The third kappa shape index (κ3) is 4.84. The largest absolute Gasteiger partial charge is 0.301 e. The number of halogens is 1. The molecule has 10 heteroatoms. The highest BCUT2D eigenvalue weighted by atomic mass is 35.5. The quantitative estimate of drug-likeness (QED) is 0.597. The van der Waals surface area contributed by atoms with E-state index in [0.29, 0.717) is 6.42 Å². The second-order valence-corrected chi connectivity index (χ2v) is 7.18. The molecule has 1 atom stereocenters. The van der Waals surface area contributed by atoms with Crippen molar-refractivity contribution in [2.75, 3.05) is 11.9 Å². The number of rotatable bonds is 6. The minimum Gasteiger partial charge on any atom is -0.301 e. The average molecular weight is 313 g/mol. The second kappa shape index (κ2) is 6.41. The molecule has 1 heterocycles. The zero-order valence-electron chi connectivity index (χ0n) is 9.81. The molecular formula is C8H13ClN4O3S2. The predicted octanol–water partition coefficient (Wildman–Crippen LogP) is 0.792. The Bertz CT molecular complexity index is 514. The molecule has 0 bridgehead atoms. The first-order valence-corrected chi connectivity index (χ1v) is 7.79. The lowest BCUT2D eigenvalue weighted by Gasteiger charge is -2.04. The fourth-order valence-corrected chi connectivity index (χ4v) is 3.12. The molecule has 1 aromatic heterocycles. The van der Waals surface area contributed by atoms with E-state index in [4.69, 9.17) is 11.6 Å². The minimum atomic E-state index is -3.69. The van der Waals surface area contributed by atoms with Crippen LogP contribution in [-0.4, -0.2) is 36.4 Å². The van der Waals surface area contributed by atoms with E-state index in [1.54, 1.807) is 6.92 Å². The van der Waals surface area contributed by atoms with E-state index in [-0.39, 0.29) is 27.3 Å². The summed E-state index contributed by atoms with van der Waals surface area (Å²) in [5, 5.41) is 9.46. The molecule has 0 saturated carbocycles. The maximum Gasteiger partial charge on any atom is 0.269 e. The first-order chi connectivity index (χ1) is 8.31. The Balaban J connectivity index is 2.67. The van der Waals surface area contributed by atoms with Crippen LogP contribution in [0, 0.1) is 0 Å². The molecular weight excluding hydrogens is 300 g/mol. The molecule has 0 aliphatic rings. The topological polar surface area (TPSA) is 101 Å². The molecule has 1 rings (SSSR count). The van der Waals surface area contributed by atoms with Crippen LogP contribution in [0.5, 0.6) is 0 Å². The maximum absolute atomic E-state index is 11.8. The Morgan fingerprint density at radius 3 is 2.72 bits per heavy atom. The number of hydrogen-bond donors (Lipinski definition) is 2. The molecule has 0 aliphatic carbocycles. The van der Waals surface area contributed by atoms with Crippen molar-refractivity contribution < 1.29 is 13.2 Å². The summed E-state index contributed by atoms with van der Waals surface area (Å²) in [4.78, 5) is 10.8. The van der Waals surface area contributed by atoms with E-state index in [1.165, 1.54) is 6.92 Å². The molecule has 0 radical (unpaired) electrons. The van der Waals surface area contributed by atoms with E-state index >= 15 is 0 Å². The van der Waals surface area contributed by atoms with Crippen molar-refractivity contribution in [2.45, 2.75) is 30.0 Å². The molecule has 0 aliphatic heterocycles. The highest BCUT2D eigenvalue weighted by Gasteiger charge is 2.20. The molecule has 0 fully saturated rings. The van der Waals surface area contributed by atoms with Crippen molar-refractivity contribution in [2.24, 2.45) is 0 Å². The molecule has 1 amide bonds. The van der Waals surface area contributed by atoms with Gasteiger partial charge >= 0.3 is 0 Å². The lowest BCUT2D eigenvalue weighted by molar-refractivity contribution is -0.114. The number of hydrogen-bond acceptors (Lipinski definition) is 6. The van der Waals surface area contributed by atoms with Crippen LogP contribution in [0.2, 0.25) is 0 Å². The number of carbonyl (C=O) groups is 1. The molecule has 18 heavy (non-hydrogen) atoms. The number of aromatic nitrogens is 2. The van der Waals surface area contributed by atoms with Gasteiger partial charge in [0.25, 0.3) is 10.0 Å². The van der Waals surface area contributed by atoms with Crippen molar-refractivity contribution in [1.82, 2.24) is 14.9 Å². The van der Waals surface area contributed by atoms with Gasteiger partial charge in [0, 0.05) is 18.8 Å². The molecule has 0 spiro atoms. The zero-order chi connectivity index (χ0) is 13.8. The summed E-state index contributed by atoms with van der Waals surface area (Å²) in [5.41, 5.74) is 0. The monoisotopic (exact) mass is 312 g/mol. The molecule has 0 aromatic carbocycles. The number of anilines is 1. The Labute approximate surface area is 114 Å². The van der Waals surface area contributed by atoms with Crippen LogP contribution in [0.1, 0.15) is 20.3 Å². The van der Waals surface area contributed by atoms with E-state index in [2.05, 4.69) is 20.2 Å². The van der Waals surface area contributed by atoms with E-state index in [0.717, 1.165) is 11.3 Å². The summed E-state index contributed by atoms with van der Waals surface area (Å²) in [5.74, 6) is -0.334. The predicted molar refractivity (Wildman–Crippen MR) is 69.3 cm³/mol. The van der Waals surface area contributed by atoms with Gasteiger partial charge in [0.05, 0.1) is 0 Å². The number of carbonyl (C=O) groups excluding carboxylic acids is 1. The Kier molecular flexibility index (Phi) is 5.45. The number of amides is 1. The molecule has 102 valence electrons. The summed E-state index contributed by atoms with van der Waals surface area (Å²) in [6.45, 7) is 3.30. The SMILES string of the molecule is CC(=O)Nc1nnc(S(=O)(=O)NCCC(C)Cl)s1. The normalized spacial score (nSPS) is 13.3. The van der Waals surface area contributed by atoms with Crippen molar-refractivity contribution in [3.8, 4) is 0 Å². The minimum absolute atomic E-state index is 0.114. The van der Waals surface area contributed by atoms with Gasteiger partial charge in [-0.3, -0.25) is 4.79 Å². The first-order valence-electron chi connectivity index (χ1n) is 5.06. The molecule has 1 unspecified atom stereocenters. The van der Waals surface area contributed by atoms with E-state index in [1.807, 2.05) is 0 Å². The Hall–Kier alpha value is -0.770. The zero-order valence-corrected chi connectivity index (χ0v) is 12.2.